The molecule has 1 amide bonds. The number of nitrogens with one attached hydrogen (secondary N) is 1. The summed E-state index contributed by atoms with van der Waals surface area (Å²) in [5.74, 6) is 2.37. The van der Waals surface area contributed by atoms with Gasteiger partial charge in [0.2, 0.25) is 5.91 Å². The third-order valence-corrected chi connectivity index (χ3v) is 5.55. The Kier molecular flexibility index (Phi) is 7.96. The van der Waals surface area contributed by atoms with Gasteiger partial charge < -0.3 is 5.32 Å². The van der Waals surface area contributed by atoms with Crippen LogP contribution in [0.4, 0.5) is 0 Å². The summed E-state index contributed by atoms with van der Waals surface area (Å²) in [6, 6.07) is 8.76. The average molecular weight is 335 g/mol. The molecular formula is C19H30N2OS. The first-order chi connectivity index (χ1) is 11.2. The molecule has 3 nitrogen and oxygen atoms in total. The van der Waals surface area contributed by atoms with Crippen LogP contribution in [0.5, 0.6) is 0 Å². The van der Waals surface area contributed by atoms with Crippen LogP contribution in [0.1, 0.15) is 43.2 Å². The summed E-state index contributed by atoms with van der Waals surface area (Å²) in [5, 5.41) is 3.12. The minimum absolute atomic E-state index is 0.0810. The molecule has 0 aliphatic carbocycles. The Morgan fingerprint density at radius 3 is 3.04 bits per heavy atom. The van der Waals surface area contributed by atoms with Gasteiger partial charge in [0, 0.05) is 12.3 Å². The molecule has 23 heavy (non-hydrogen) atoms. The Hall–Kier alpha value is -1.00. The number of thioether (sulfide) groups is 1. The second-order valence-electron chi connectivity index (χ2n) is 6.53. The first kappa shape index (κ1) is 18.3. The van der Waals surface area contributed by atoms with Gasteiger partial charge in [0.1, 0.15) is 0 Å². The molecule has 0 bridgehead atoms. The molecule has 1 aromatic carbocycles. The van der Waals surface area contributed by atoms with Crippen molar-refractivity contribution in [1.82, 2.24) is 10.2 Å². The highest BCUT2D eigenvalue weighted by Crippen LogP contribution is 2.16. The Morgan fingerprint density at radius 1 is 1.35 bits per heavy atom. The number of likely N-dealkylation sites (tertiary alicyclic amines) is 1. The number of carbonyl (C=O) groups is 1. The van der Waals surface area contributed by atoms with Crippen LogP contribution in [0.3, 0.4) is 0 Å². The van der Waals surface area contributed by atoms with Gasteiger partial charge in [-0.2, -0.15) is 11.8 Å². The van der Waals surface area contributed by atoms with Crippen molar-refractivity contribution in [3.8, 4) is 0 Å². The van der Waals surface area contributed by atoms with Crippen LogP contribution in [0.2, 0.25) is 0 Å². The van der Waals surface area contributed by atoms with Gasteiger partial charge in [0.15, 0.2) is 0 Å². The lowest BCUT2D eigenvalue weighted by molar-refractivity contribution is -0.126. The summed E-state index contributed by atoms with van der Waals surface area (Å²) in [6.45, 7) is 3.97. The van der Waals surface area contributed by atoms with Crippen LogP contribution in [0.25, 0.3) is 0 Å². The molecule has 1 heterocycles. The topological polar surface area (TPSA) is 32.3 Å². The minimum atomic E-state index is 0.0810. The van der Waals surface area contributed by atoms with Crippen LogP contribution in [0, 0.1) is 6.92 Å². The number of amides is 1. The van der Waals surface area contributed by atoms with Crippen LogP contribution < -0.4 is 5.32 Å². The summed E-state index contributed by atoms with van der Waals surface area (Å²) in [6.07, 6.45) is 5.69. The summed E-state index contributed by atoms with van der Waals surface area (Å²) in [4.78, 5) is 14.5. The van der Waals surface area contributed by atoms with E-state index in [1.807, 2.05) is 11.8 Å². The van der Waals surface area contributed by atoms with Gasteiger partial charge in [0.25, 0.3) is 0 Å². The fourth-order valence-electron chi connectivity index (χ4n) is 3.08. The molecule has 1 saturated heterocycles. The molecule has 4 heteroatoms. The molecule has 0 unspecified atom stereocenters. The number of aryl methyl sites for hydroxylation is 1. The first-order valence-corrected chi connectivity index (χ1v) is 9.93. The lowest BCUT2D eigenvalue weighted by Crippen LogP contribution is -2.45. The molecule has 1 atom stereocenters. The SMILES string of the molecule is Cc1cccc(CSCCCNC(=O)[C@H]2CCCCCN2C)c1. The summed E-state index contributed by atoms with van der Waals surface area (Å²) < 4.78 is 0. The average Bonchev–Trinajstić information content (AvgIpc) is 2.75. The maximum absolute atomic E-state index is 12.3. The first-order valence-electron chi connectivity index (χ1n) is 8.78. The van der Waals surface area contributed by atoms with Crippen LogP contribution >= 0.6 is 11.8 Å². The summed E-state index contributed by atoms with van der Waals surface area (Å²) in [7, 11) is 2.08. The van der Waals surface area contributed by atoms with E-state index in [-0.39, 0.29) is 11.9 Å². The Morgan fingerprint density at radius 2 is 2.22 bits per heavy atom. The van der Waals surface area contributed by atoms with Crippen molar-refractivity contribution in [1.29, 1.82) is 0 Å². The van der Waals surface area contributed by atoms with Crippen molar-refractivity contribution in [2.45, 2.75) is 50.8 Å². The zero-order valence-electron chi connectivity index (χ0n) is 14.5. The number of rotatable bonds is 7. The summed E-state index contributed by atoms with van der Waals surface area (Å²) in [5.41, 5.74) is 2.71. The number of hydrogen-bond donors (Lipinski definition) is 1. The monoisotopic (exact) mass is 334 g/mol. The van der Waals surface area contributed by atoms with E-state index in [1.54, 1.807) is 0 Å². The van der Waals surface area contributed by atoms with E-state index in [1.165, 1.54) is 30.4 Å². The molecule has 0 spiro atoms. The number of hydrogen-bond acceptors (Lipinski definition) is 3. The molecule has 0 saturated carbocycles. The lowest BCUT2D eigenvalue weighted by atomic mass is 10.1. The maximum atomic E-state index is 12.3. The number of carbonyl (C=O) groups excluding carboxylic acids is 1. The van der Waals surface area contributed by atoms with E-state index < -0.39 is 0 Å². The zero-order valence-corrected chi connectivity index (χ0v) is 15.3. The van der Waals surface area contributed by atoms with Crippen molar-refractivity contribution in [3.63, 3.8) is 0 Å². The molecule has 1 fully saturated rings. The fraction of sp³-hybridized carbons (Fsp3) is 0.632. The van der Waals surface area contributed by atoms with Crippen molar-refractivity contribution in [2.24, 2.45) is 0 Å². The zero-order chi connectivity index (χ0) is 16.5. The smallest absolute Gasteiger partial charge is 0.237 e. The molecule has 2 rings (SSSR count). The highest BCUT2D eigenvalue weighted by molar-refractivity contribution is 7.98. The van der Waals surface area contributed by atoms with Gasteiger partial charge in [0.05, 0.1) is 6.04 Å². The highest BCUT2D eigenvalue weighted by atomic mass is 32.2. The standard InChI is InChI=1S/C19H30N2OS/c1-16-8-6-9-17(14-16)15-23-13-7-11-20-19(22)18-10-4-3-5-12-21(18)2/h6,8-9,14,18H,3-5,7,10-13,15H2,1-2H3,(H,20,22)/t18-/m1/s1. The van der Waals surface area contributed by atoms with Crippen molar-refractivity contribution < 1.29 is 4.79 Å². The Labute approximate surface area is 145 Å². The Bertz CT molecular complexity index is 492. The second kappa shape index (κ2) is 9.99. The van der Waals surface area contributed by atoms with Crippen molar-refractivity contribution in [3.05, 3.63) is 35.4 Å². The highest BCUT2D eigenvalue weighted by Gasteiger charge is 2.23. The van der Waals surface area contributed by atoms with E-state index in [4.69, 9.17) is 0 Å². The van der Waals surface area contributed by atoms with E-state index >= 15 is 0 Å². The lowest BCUT2D eigenvalue weighted by Gasteiger charge is -2.24. The molecule has 0 radical (unpaired) electrons. The van der Waals surface area contributed by atoms with Crippen molar-refractivity contribution in [2.75, 3.05) is 25.9 Å². The fourth-order valence-corrected chi connectivity index (χ4v) is 3.99. The minimum Gasteiger partial charge on any atom is -0.355 e. The molecular weight excluding hydrogens is 304 g/mol. The Balaban J connectivity index is 1.58. The molecule has 0 aromatic heterocycles. The normalized spacial score (nSPS) is 19.3. The van der Waals surface area contributed by atoms with Crippen LogP contribution in [-0.4, -0.2) is 42.7 Å². The quantitative estimate of drug-likeness (QED) is 0.773. The second-order valence-corrected chi connectivity index (χ2v) is 7.64. The van der Waals surface area contributed by atoms with Gasteiger partial charge >= 0.3 is 0 Å². The largest absolute Gasteiger partial charge is 0.355 e. The van der Waals surface area contributed by atoms with Gasteiger partial charge in [-0.3, -0.25) is 9.69 Å². The molecule has 128 valence electrons. The van der Waals surface area contributed by atoms with Gasteiger partial charge in [-0.05, 0) is 51.1 Å². The van der Waals surface area contributed by atoms with Crippen molar-refractivity contribution >= 4 is 17.7 Å². The predicted octanol–water partition coefficient (Wildman–Crippen LogP) is 3.61. The molecule has 1 aromatic rings. The maximum Gasteiger partial charge on any atom is 0.237 e. The third kappa shape index (κ3) is 6.56. The van der Waals surface area contributed by atoms with E-state index in [9.17, 15) is 4.79 Å². The van der Waals surface area contributed by atoms with Crippen LogP contribution in [0.15, 0.2) is 24.3 Å². The number of nitrogens with zero attached hydrogens (tertiary/aromatic N) is 1. The third-order valence-electron chi connectivity index (χ3n) is 4.44. The van der Waals surface area contributed by atoms with E-state index in [0.29, 0.717) is 0 Å². The number of likely N-dealkylation sites (N-methyl/N-ethyl adjacent to an activating group) is 1. The van der Waals surface area contributed by atoms with E-state index in [2.05, 4.69) is 48.5 Å². The summed E-state index contributed by atoms with van der Waals surface area (Å²) >= 11 is 1.94. The predicted molar refractivity (Wildman–Crippen MR) is 99.9 cm³/mol. The van der Waals surface area contributed by atoms with Gasteiger partial charge in [-0.1, -0.05) is 42.7 Å². The van der Waals surface area contributed by atoms with Gasteiger partial charge in [-0.15, -0.1) is 0 Å². The van der Waals surface area contributed by atoms with E-state index in [0.717, 1.165) is 37.4 Å². The van der Waals surface area contributed by atoms with Gasteiger partial charge in [-0.25, -0.2) is 0 Å². The molecule has 1 N–H and O–H groups in total. The molecule has 1 aliphatic rings. The number of benzene rings is 1. The molecule has 1 aliphatic heterocycles. The van der Waals surface area contributed by atoms with Crippen LogP contribution in [-0.2, 0) is 10.5 Å².